The third-order valence-electron chi connectivity index (χ3n) is 4.24. The molecule has 1 aliphatic rings. The van der Waals surface area contributed by atoms with Gasteiger partial charge in [0.15, 0.2) is 17.2 Å². The van der Waals surface area contributed by atoms with Gasteiger partial charge in [0, 0.05) is 5.56 Å². The van der Waals surface area contributed by atoms with Crippen LogP contribution < -0.4 is 14.2 Å². The highest BCUT2D eigenvalue weighted by atomic mass is 16.6. The summed E-state index contributed by atoms with van der Waals surface area (Å²) in [6, 6.07) is 12.8. The lowest BCUT2D eigenvalue weighted by molar-refractivity contribution is 0.0691. The molecule has 8 heteroatoms. The highest BCUT2D eigenvalue weighted by molar-refractivity contribution is 5.92. The van der Waals surface area contributed by atoms with Gasteiger partial charge < -0.3 is 19.3 Å². The van der Waals surface area contributed by atoms with Crippen molar-refractivity contribution in [2.45, 2.75) is 6.54 Å². The van der Waals surface area contributed by atoms with Gasteiger partial charge in [-0.05, 0) is 35.9 Å². The minimum Gasteiger partial charge on any atom is -0.497 e. The van der Waals surface area contributed by atoms with Crippen LogP contribution in [0.3, 0.4) is 0 Å². The van der Waals surface area contributed by atoms with E-state index < -0.39 is 5.97 Å². The van der Waals surface area contributed by atoms with Gasteiger partial charge in [0.05, 0.1) is 13.7 Å². The molecule has 0 saturated heterocycles. The van der Waals surface area contributed by atoms with Crippen molar-refractivity contribution in [2.24, 2.45) is 0 Å². The molecule has 27 heavy (non-hydrogen) atoms. The molecular formula is C19H17N3O5. The Morgan fingerprint density at radius 1 is 1.15 bits per heavy atom. The summed E-state index contributed by atoms with van der Waals surface area (Å²) in [4.78, 5) is 11.6. The Bertz CT molecular complexity index is 982. The van der Waals surface area contributed by atoms with Crippen molar-refractivity contribution in [3.8, 4) is 28.5 Å². The second kappa shape index (κ2) is 6.99. The summed E-state index contributed by atoms with van der Waals surface area (Å²) >= 11 is 0. The molecule has 0 saturated carbocycles. The van der Waals surface area contributed by atoms with E-state index in [0.29, 0.717) is 42.5 Å². The maximum Gasteiger partial charge on any atom is 0.358 e. The van der Waals surface area contributed by atoms with Crippen LogP contribution >= 0.6 is 0 Å². The van der Waals surface area contributed by atoms with E-state index in [4.69, 9.17) is 14.2 Å². The molecule has 0 radical (unpaired) electrons. The van der Waals surface area contributed by atoms with Crippen molar-refractivity contribution in [3.05, 3.63) is 53.7 Å². The molecule has 0 fully saturated rings. The van der Waals surface area contributed by atoms with Gasteiger partial charge in [-0.1, -0.05) is 17.3 Å². The zero-order chi connectivity index (χ0) is 18.8. The monoisotopic (exact) mass is 367 g/mol. The van der Waals surface area contributed by atoms with Gasteiger partial charge in [0.1, 0.15) is 24.7 Å². The van der Waals surface area contributed by atoms with E-state index in [1.807, 2.05) is 24.3 Å². The zero-order valence-electron chi connectivity index (χ0n) is 14.6. The van der Waals surface area contributed by atoms with Crippen LogP contribution in [-0.4, -0.2) is 46.4 Å². The highest BCUT2D eigenvalue weighted by Gasteiger charge is 2.23. The van der Waals surface area contributed by atoms with E-state index in [-0.39, 0.29) is 5.69 Å². The SMILES string of the molecule is COc1ccc(Cn2nnc(C(=O)O)c2-c2ccc3c(c2)OCCO3)cc1. The standard InChI is InChI=1S/C19H17N3O5/c1-25-14-5-2-12(3-6-14)11-22-18(17(19(23)24)20-21-22)13-4-7-15-16(10-13)27-9-8-26-15/h2-7,10H,8-9,11H2,1H3,(H,23,24). The second-order valence-corrected chi connectivity index (χ2v) is 5.96. The topological polar surface area (TPSA) is 95.7 Å². The number of hydrogen-bond acceptors (Lipinski definition) is 6. The molecule has 0 bridgehead atoms. The van der Waals surface area contributed by atoms with E-state index in [0.717, 1.165) is 11.3 Å². The third-order valence-corrected chi connectivity index (χ3v) is 4.24. The number of carbonyl (C=O) groups is 1. The third kappa shape index (κ3) is 3.29. The molecular weight excluding hydrogens is 350 g/mol. The Morgan fingerprint density at radius 2 is 1.89 bits per heavy atom. The van der Waals surface area contributed by atoms with Gasteiger partial charge in [-0.15, -0.1) is 5.10 Å². The van der Waals surface area contributed by atoms with Crippen LogP contribution in [0.25, 0.3) is 11.3 Å². The van der Waals surface area contributed by atoms with Crippen molar-refractivity contribution in [2.75, 3.05) is 20.3 Å². The fourth-order valence-corrected chi connectivity index (χ4v) is 2.95. The largest absolute Gasteiger partial charge is 0.497 e. The molecule has 3 aromatic rings. The van der Waals surface area contributed by atoms with Crippen molar-refractivity contribution in [1.29, 1.82) is 0 Å². The summed E-state index contributed by atoms with van der Waals surface area (Å²) in [5, 5.41) is 17.4. The molecule has 0 atom stereocenters. The number of methoxy groups -OCH3 is 1. The minimum absolute atomic E-state index is 0.111. The van der Waals surface area contributed by atoms with E-state index in [1.54, 1.807) is 30.0 Å². The predicted octanol–water partition coefficient (Wildman–Crippen LogP) is 2.47. The molecule has 138 valence electrons. The van der Waals surface area contributed by atoms with Crippen LogP contribution in [0.15, 0.2) is 42.5 Å². The molecule has 0 unspecified atom stereocenters. The highest BCUT2D eigenvalue weighted by Crippen LogP contribution is 2.35. The van der Waals surface area contributed by atoms with Crippen LogP contribution in [0.2, 0.25) is 0 Å². The summed E-state index contributed by atoms with van der Waals surface area (Å²) in [5.74, 6) is 0.819. The van der Waals surface area contributed by atoms with Crippen molar-refractivity contribution in [1.82, 2.24) is 15.0 Å². The quantitative estimate of drug-likeness (QED) is 0.740. The number of hydrogen-bond donors (Lipinski definition) is 1. The Balaban J connectivity index is 1.74. The second-order valence-electron chi connectivity index (χ2n) is 5.96. The lowest BCUT2D eigenvalue weighted by atomic mass is 10.1. The van der Waals surface area contributed by atoms with Crippen LogP contribution in [-0.2, 0) is 6.54 Å². The van der Waals surface area contributed by atoms with Gasteiger partial charge >= 0.3 is 5.97 Å². The van der Waals surface area contributed by atoms with Crippen LogP contribution in [0.1, 0.15) is 16.1 Å². The Kier molecular flexibility index (Phi) is 4.37. The molecule has 1 N–H and O–H groups in total. The van der Waals surface area contributed by atoms with Gasteiger partial charge in [-0.2, -0.15) is 0 Å². The zero-order valence-corrected chi connectivity index (χ0v) is 14.6. The first kappa shape index (κ1) is 16.9. The Morgan fingerprint density at radius 3 is 2.59 bits per heavy atom. The normalized spacial score (nSPS) is 12.6. The number of ether oxygens (including phenoxy) is 3. The number of nitrogens with zero attached hydrogens (tertiary/aromatic N) is 3. The molecule has 0 spiro atoms. The Hall–Kier alpha value is -3.55. The minimum atomic E-state index is -1.14. The van der Waals surface area contributed by atoms with Crippen molar-refractivity contribution in [3.63, 3.8) is 0 Å². The van der Waals surface area contributed by atoms with E-state index in [1.165, 1.54) is 0 Å². The van der Waals surface area contributed by atoms with Gasteiger partial charge in [0.2, 0.25) is 0 Å². The number of carboxylic acids is 1. The van der Waals surface area contributed by atoms with E-state index in [2.05, 4.69) is 10.3 Å². The summed E-state index contributed by atoms with van der Waals surface area (Å²) in [5.41, 5.74) is 1.89. The summed E-state index contributed by atoms with van der Waals surface area (Å²) in [7, 11) is 1.60. The van der Waals surface area contributed by atoms with E-state index >= 15 is 0 Å². The summed E-state index contributed by atoms with van der Waals surface area (Å²) < 4.78 is 17.9. The maximum atomic E-state index is 11.6. The molecule has 1 aliphatic heterocycles. The molecule has 2 aromatic carbocycles. The molecule has 1 aromatic heterocycles. The first-order chi connectivity index (χ1) is 13.2. The number of carboxylic acid groups (broad SMARTS) is 1. The summed E-state index contributed by atoms with van der Waals surface area (Å²) in [6.07, 6.45) is 0. The molecule has 0 aliphatic carbocycles. The van der Waals surface area contributed by atoms with Crippen molar-refractivity contribution >= 4 is 5.97 Å². The van der Waals surface area contributed by atoms with Crippen LogP contribution in [0, 0.1) is 0 Å². The molecule has 2 heterocycles. The fraction of sp³-hybridized carbons (Fsp3) is 0.211. The average molecular weight is 367 g/mol. The maximum absolute atomic E-state index is 11.6. The fourth-order valence-electron chi connectivity index (χ4n) is 2.95. The number of benzene rings is 2. The van der Waals surface area contributed by atoms with Gasteiger partial charge in [0.25, 0.3) is 0 Å². The number of aromatic carboxylic acids is 1. The smallest absolute Gasteiger partial charge is 0.358 e. The average Bonchev–Trinajstić information content (AvgIpc) is 3.12. The van der Waals surface area contributed by atoms with Crippen LogP contribution in [0.4, 0.5) is 0 Å². The van der Waals surface area contributed by atoms with Gasteiger partial charge in [-0.3, -0.25) is 0 Å². The number of aromatic nitrogens is 3. The molecule has 4 rings (SSSR count). The lowest BCUT2D eigenvalue weighted by Gasteiger charge is -2.19. The molecule has 0 amide bonds. The summed E-state index contributed by atoms with van der Waals surface area (Å²) in [6.45, 7) is 1.31. The van der Waals surface area contributed by atoms with Gasteiger partial charge in [-0.25, -0.2) is 9.48 Å². The van der Waals surface area contributed by atoms with Crippen molar-refractivity contribution < 1.29 is 24.1 Å². The first-order valence-corrected chi connectivity index (χ1v) is 8.35. The van der Waals surface area contributed by atoms with E-state index in [9.17, 15) is 9.90 Å². The molecule has 8 nitrogen and oxygen atoms in total. The lowest BCUT2D eigenvalue weighted by Crippen LogP contribution is -2.15. The number of rotatable bonds is 5. The first-order valence-electron chi connectivity index (χ1n) is 8.35. The number of fused-ring (bicyclic) bond motifs is 1. The predicted molar refractivity (Wildman–Crippen MR) is 95.5 cm³/mol. The Labute approximate surface area is 154 Å². The van der Waals surface area contributed by atoms with Crippen LogP contribution in [0.5, 0.6) is 17.2 Å².